The molecule has 8 heteroatoms. The molecule has 8 nitrogen and oxygen atoms in total. The Balaban J connectivity index is 2.43. The summed E-state index contributed by atoms with van der Waals surface area (Å²) in [6, 6.07) is 4.31. The number of hydrogen-bond acceptors (Lipinski definition) is 5. The Morgan fingerprint density at radius 3 is 2.75 bits per heavy atom. The molecular weight excluding hydrogens is 264 g/mol. The molecule has 0 radical (unpaired) electrons. The number of aryl methyl sites for hydroxylation is 1. The van der Waals surface area contributed by atoms with E-state index in [4.69, 9.17) is 5.73 Å². The largest absolute Gasteiger partial charge is 0.393 e. The van der Waals surface area contributed by atoms with Crippen LogP contribution in [0.25, 0.3) is 0 Å². The van der Waals surface area contributed by atoms with Crippen LogP contribution in [0, 0.1) is 17.0 Å². The summed E-state index contributed by atoms with van der Waals surface area (Å²) < 4.78 is 1.27. The van der Waals surface area contributed by atoms with Crippen LogP contribution < -0.4 is 17.0 Å². The molecular formula is C12H12N4O4. The molecule has 20 heavy (non-hydrogen) atoms. The van der Waals surface area contributed by atoms with Gasteiger partial charge in [0.15, 0.2) is 0 Å². The van der Waals surface area contributed by atoms with Gasteiger partial charge in [-0.05, 0) is 18.6 Å². The number of nitrogens with one attached hydrogen (secondary N) is 1. The monoisotopic (exact) mass is 276 g/mol. The average molecular weight is 276 g/mol. The number of nitro benzene ring substituents is 1. The number of aromatic nitrogens is 2. The highest BCUT2D eigenvalue weighted by Crippen LogP contribution is 2.22. The van der Waals surface area contributed by atoms with Gasteiger partial charge < -0.3 is 5.73 Å². The first kappa shape index (κ1) is 13.5. The van der Waals surface area contributed by atoms with Crippen LogP contribution in [0.4, 0.5) is 11.4 Å². The van der Waals surface area contributed by atoms with E-state index in [2.05, 4.69) is 4.98 Å². The lowest BCUT2D eigenvalue weighted by molar-refractivity contribution is -0.384. The topological polar surface area (TPSA) is 124 Å². The van der Waals surface area contributed by atoms with E-state index in [0.29, 0.717) is 11.1 Å². The van der Waals surface area contributed by atoms with Crippen molar-refractivity contribution in [3.05, 3.63) is 66.5 Å². The van der Waals surface area contributed by atoms with Crippen LogP contribution in [0.3, 0.4) is 0 Å². The number of rotatable bonds is 3. The first-order valence-corrected chi connectivity index (χ1v) is 5.71. The van der Waals surface area contributed by atoms with Crippen LogP contribution in [0.5, 0.6) is 0 Å². The van der Waals surface area contributed by atoms with Gasteiger partial charge in [0, 0.05) is 17.8 Å². The van der Waals surface area contributed by atoms with Gasteiger partial charge in [-0.1, -0.05) is 6.07 Å². The summed E-state index contributed by atoms with van der Waals surface area (Å²) in [5.74, 6) is 0. The van der Waals surface area contributed by atoms with Gasteiger partial charge in [0.2, 0.25) is 0 Å². The van der Waals surface area contributed by atoms with Gasteiger partial charge in [-0.2, -0.15) is 0 Å². The Morgan fingerprint density at radius 2 is 2.10 bits per heavy atom. The highest BCUT2D eigenvalue weighted by atomic mass is 16.6. The van der Waals surface area contributed by atoms with Gasteiger partial charge in [-0.15, -0.1) is 0 Å². The number of H-pyrrole nitrogens is 1. The van der Waals surface area contributed by atoms with Crippen LogP contribution >= 0.6 is 0 Å². The molecule has 0 unspecified atom stereocenters. The Labute approximate surface area is 112 Å². The van der Waals surface area contributed by atoms with Crippen molar-refractivity contribution in [2.75, 3.05) is 5.73 Å². The third-order valence-corrected chi connectivity index (χ3v) is 2.83. The smallest absolute Gasteiger partial charge is 0.328 e. The van der Waals surface area contributed by atoms with E-state index in [9.17, 15) is 19.7 Å². The van der Waals surface area contributed by atoms with Gasteiger partial charge in [0.05, 0.1) is 11.5 Å². The zero-order chi connectivity index (χ0) is 14.9. The molecule has 0 fully saturated rings. The lowest BCUT2D eigenvalue weighted by Gasteiger charge is -2.07. The minimum Gasteiger partial charge on any atom is -0.393 e. The van der Waals surface area contributed by atoms with E-state index < -0.39 is 16.2 Å². The lowest BCUT2D eigenvalue weighted by atomic mass is 10.1. The molecule has 1 heterocycles. The fraction of sp³-hybridized carbons (Fsp3) is 0.167. The predicted molar refractivity (Wildman–Crippen MR) is 72.7 cm³/mol. The Hall–Kier alpha value is -2.90. The Kier molecular flexibility index (Phi) is 3.38. The molecule has 1 aromatic heterocycles. The van der Waals surface area contributed by atoms with Crippen LogP contribution in [0.1, 0.15) is 11.1 Å². The third-order valence-electron chi connectivity index (χ3n) is 2.83. The quantitative estimate of drug-likeness (QED) is 0.476. The van der Waals surface area contributed by atoms with E-state index in [1.165, 1.54) is 22.9 Å². The summed E-state index contributed by atoms with van der Waals surface area (Å²) in [6.45, 7) is 1.68. The van der Waals surface area contributed by atoms with Crippen LogP contribution in [-0.4, -0.2) is 14.5 Å². The summed E-state index contributed by atoms with van der Waals surface area (Å²) in [4.78, 5) is 35.3. The molecule has 2 aromatic rings. The number of nitro groups is 1. The summed E-state index contributed by atoms with van der Waals surface area (Å²) in [6.07, 6.45) is 1.41. The number of anilines is 1. The second-order valence-corrected chi connectivity index (χ2v) is 4.35. The van der Waals surface area contributed by atoms with Crippen molar-refractivity contribution in [1.82, 2.24) is 9.55 Å². The maximum absolute atomic E-state index is 11.6. The summed E-state index contributed by atoms with van der Waals surface area (Å²) in [5, 5.41) is 10.8. The second-order valence-electron chi connectivity index (χ2n) is 4.35. The van der Waals surface area contributed by atoms with Gasteiger partial charge in [0.25, 0.3) is 11.2 Å². The molecule has 2 rings (SSSR count). The maximum Gasteiger partial charge on any atom is 0.328 e. The van der Waals surface area contributed by atoms with E-state index in [1.807, 2.05) is 0 Å². The summed E-state index contributed by atoms with van der Waals surface area (Å²) in [7, 11) is 0. The molecule has 0 saturated heterocycles. The number of nitrogens with two attached hydrogens (primary N) is 1. The van der Waals surface area contributed by atoms with Crippen LogP contribution in [0.15, 0.2) is 34.0 Å². The fourth-order valence-corrected chi connectivity index (χ4v) is 1.78. The SMILES string of the molecule is Cc1cn(Cc2ccc(N)c([N+](=O)[O-])c2)c(=O)[nH]c1=O. The second kappa shape index (κ2) is 5.00. The van der Waals surface area contributed by atoms with E-state index >= 15 is 0 Å². The highest BCUT2D eigenvalue weighted by Gasteiger charge is 2.12. The molecule has 0 saturated carbocycles. The van der Waals surface area contributed by atoms with Gasteiger partial charge >= 0.3 is 5.69 Å². The van der Waals surface area contributed by atoms with E-state index in [1.54, 1.807) is 13.0 Å². The maximum atomic E-state index is 11.6. The van der Waals surface area contributed by atoms with Crippen molar-refractivity contribution in [2.24, 2.45) is 0 Å². The molecule has 1 aromatic carbocycles. The average Bonchev–Trinajstić information content (AvgIpc) is 2.37. The van der Waals surface area contributed by atoms with Crippen molar-refractivity contribution in [3.8, 4) is 0 Å². The van der Waals surface area contributed by atoms with Gasteiger partial charge in [-0.3, -0.25) is 24.5 Å². The number of benzene rings is 1. The third kappa shape index (κ3) is 2.58. The van der Waals surface area contributed by atoms with Crippen LogP contribution in [0.2, 0.25) is 0 Å². The van der Waals surface area contributed by atoms with Gasteiger partial charge in [0.1, 0.15) is 5.69 Å². The van der Waals surface area contributed by atoms with E-state index in [0.717, 1.165) is 0 Å². The standard InChI is InChI=1S/C12H12N4O4/c1-7-5-15(12(18)14-11(7)17)6-8-2-3-9(13)10(4-8)16(19)20/h2-5H,6,13H2,1H3,(H,14,17,18). The minimum absolute atomic E-state index is 0.0590. The number of nitrogens with zero attached hydrogens (tertiary/aromatic N) is 2. The number of aromatic amines is 1. The highest BCUT2D eigenvalue weighted by molar-refractivity contribution is 5.59. The molecule has 0 bridgehead atoms. The fourth-order valence-electron chi connectivity index (χ4n) is 1.78. The first-order chi connectivity index (χ1) is 9.38. The number of hydrogen-bond donors (Lipinski definition) is 2. The van der Waals surface area contributed by atoms with Crippen molar-refractivity contribution >= 4 is 11.4 Å². The summed E-state index contributed by atoms with van der Waals surface area (Å²) in [5.41, 5.74) is 5.25. The molecule has 0 aliphatic rings. The predicted octanol–water partition coefficient (Wildman–Crippen LogP) is 0.384. The molecule has 0 aliphatic heterocycles. The van der Waals surface area contributed by atoms with Crippen molar-refractivity contribution < 1.29 is 4.92 Å². The first-order valence-electron chi connectivity index (χ1n) is 5.71. The zero-order valence-electron chi connectivity index (χ0n) is 10.6. The molecule has 0 atom stereocenters. The molecule has 104 valence electrons. The van der Waals surface area contributed by atoms with E-state index in [-0.39, 0.29) is 17.9 Å². The molecule has 0 aliphatic carbocycles. The normalized spacial score (nSPS) is 10.4. The zero-order valence-corrected chi connectivity index (χ0v) is 10.6. The van der Waals surface area contributed by atoms with Crippen molar-refractivity contribution in [1.29, 1.82) is 0 Å². The Bertz CT molecular complexity index is 791. The summed E-state index contributed by atoms with van der Waals surface area (Å²) >= 11 is 0. The lowest BCUT2D eigenvalue weighted by Crippen LogP contribution is -2.31. The van der Waals surface area contributed by atoms with Crippen molar-refractivity contribution in [3.63, 3.8) is 0 Å². The van der Waals surface area contributed by atoms with Crippen LogP contribution in [-0.2, 0) is 6.54 Å². The van der Waals surface area contributed by atoms with Gasteiger partial charge in [-0.25, -0.2) is 4.79 Å². The minimum atomic E-state index is -0.584. The molecule has 3 N–H and O–H groups in total. The molecule has 0 amide bonds. The molecule has 0 spiro atoms. The Morgan fingerprint density at radius 1 is 1.40 bits per heavy atom. The van der Waals surface area contributed by atoms with Crippen molar-refractivity contribution in [2.45, 2.75) is 13.5 Å². The number of nitrogen functional groups attached to an aromatic ring is 1.